The Balaban J connectivity index is 4.32. The van der Waals surface area contributed by atoms with Crippen LogP contribution in [0.25, 0.3) is 0 Å². The van der Waals surface area contributed by atoms with Gasteiger partial charge in [0.2, 0.25) is 5.91 Å². The van der Waals surface area contributed by atoms with Crippen LogP contribution >= 0.6 is 7.55 Å². The highest BCUT2D eigenvalue weighted by atomic mass is 31.1. The highest BCUT2D eigenvalue weighted by molar-refractivity contribution is 7.55. The summed E-state index contributed by atoms with van der Waals surface area (Å²) in [5.74, 6) is -0.102. The molecule has 0 rings (SSSR count). The van der Waals surface area contributed by atoms with Gasteiger partial charge in [-0.05, 0) is 14.1 Å². The maximum atomic E-state index is 11.0. The van der Waals surface area contributed by atoms with Crippen molar-refractivity contribution in [2.45, 2.75) is 19.1 Å². The number of aliphatic hydroxyl groups is 1. The number of rotatable bonds is 6. The second-order valence-electron chi connectivity index (χ2n) is 4.18. The van der Waals surface area contributed by atoms with E-state index in [4.69, 9.17) is 0 Å². The number of hydrogen-bond acceptors (Lipinski definition) is 3. The number of likely N-dealkylation sites (N-methyl/N-ethyl adjacent to an activating group) is 1. The molecule has 0 aliphatic heterocycles. The molecule has 0 aromatic rings. The lowest BCUT2D eigenvalue weighted by atomic mass is 10.2. The average molecular weight is 233 g/mol. The quantitative estimate of drug-likeness (QED) is 0.633. The Morgan fingerprint density at radius 3 is 2.47 bits per heavy atom. The van der Waals surface area contributed by atoms with Crippen LogP contribution < -0.4 is 5.32 Å². The Hall–Kier alpha value is -0.440. The van der Waals surface area contributed by atoms with Crippen molar-refractivity contribution in [3.05, 3.63) is 0 Å². The second kappa shape index (κ2) is 6.94. The van der Waals surface area contributed by atoms with E-state index in [0.717, 1.165) is 6.16 Å². The van der Waals surface area contributed by atoms with Gasteiger partial charge in [-0.1, -0.05) is 0 Å². The molecule has 0 bridgehead atoms. The summed E-state index contributed by atoms with van der Waals surface area (Å²) in [6.45, 7) is 4.05. The number of nitrogens with zero attached hydrogens (tertiary/aromatic N) is 1. The third kappa shape index (κ3) is 7.48. The summed E-state index contributed by atoms with van der Waals surface area (Å²) in [5, 5.41) is 12.7. The third-order valence-corrected chi connectivity index (χ3v) is 2.93. The fourth-order valence-electron chi connectivity index (χ4n) is 1.36. The van der Waals surface area contributed by atoms with E-state index < -0.39 is 6.10 Å². The smallest absolute Gasteiger partial charge is 0.217 e. The summed E-state index contributed by atoms with van der Waals surface area (Å²) in [6, 6.07) is -0.182. The van der Waals surface area contributed by atoms with Crippen LogP contribution in [-0.2, 0) is 4.79 Å². The topological polar surface area (TPSA) is 52.6 Å². The zero-order chi connectivity index (χ0) is 12.0. The van der Waals surface area contributed by atoms with E-state index in [-0.39, 0.29) is 19.5 Å². The van der Waals surface area contributed by atoms with Gasteiger partial charge >= 0.3 is 0 Å². The van der Waals surface area contributed by atoms with Crippen molar-refractivity contribution >= 4 is 19.8 Å². The molecule has 5 heteroatoms. The zero-order valence-electron chi connectivity index (χ0n) is 10.0. The van der Waals surface area contributed by atoms with Gasteiger partial charge in [-0.3, -0.25) is 4.79 Å². The van der Waals surface area contributed by atoms with Crippen molar-refractivity contribution in [2.75, 3.05) is 33.5 Å². The van der Waals surface area contributed by atoms with Gasteiger partial charge in [0.1, 0.15) is 6.16 Å². The van der Waals surface area contributed by atoms with Crippen LogP contribution in [0.5, 0.6) is 0 Å². The van der Waals surface area contributed by atoms with Crippen LogP contribution in [-0.4, -0.2) is 67.8 Å². The molecular weight excluding hydrogens is 211 g/mol. The molecule has 0 fully saturated rings. The molecule has 0 aliphatic rings. The molecule has 0 radical (unpaired) electrons. The summed E-state index contributed by atoms with van der Waals surface area (Å²) < 4.78 is 0. The minimum absolute atomic E-state index is 0.102. The Morgan fingerprint density at radius 1 is 1.60 bits per heavy atom. The van der Waals surface area contributed by atoms with E-state index in [2.05, 4.69) is 11.6 Å². The second-order valence-corrected chi connectivity index (χ2v) is 6.25. The molecule has 0 aliphatic carbocycles. The molecular formula is C10H22N2O2P+. The molecule has 0 spiro atoms. The van der Waals surface area contributed by atoms with E-state index >= 15 is 0 Å². The number of amides is 1. The minimum atomic E-state index is -0.532. The van der Waals surface area contributed by atoms with Gasteiger partial charge in [-0.25, -0.2) is 0 Å². The number of aliphatic hydroxyl groups excluding tert-OH is 1. The van der Waals surface area contributed by atoms with Crippen molar-refractivity contribution in [3.63, 3.8) is 0 Å². The first-order valence-corrected chi connectivity index (χ1v) is 7.10. The number of carbonyl (C=O) groups excluding carboxylic acids is 1. The lowest BCUT2D eigenvalue weighted by Crippen LogP contribution is -2.48. The fourth-order valence-corrected chi connectivity index (χ4v) is 2.37. The number of hydrogen-bond donors (Lipinski definition) is 2. The molecule has 0 heterocycles. The van der Waals surface area contributed by atoms with Crippen LogP contribution in [0.15, 0.2) is 0 Å². The highest BCUT2D eigenvalue weighted by Gasteiger charge is 2.24. The normalized spacial score (nSPS) is 16.0. The van der Waals surface area contributed by atoms with Crippen molar-refractivity contribution in [1.29, 1.82) is 0 Å². The van der Waals surface area contributed by atoms with Gasteiger partial charge in [0.25, 0.3) is 0 Å². The van der Waals surface area contributed by atoms with Crippen molar-refractivity contribution in [3.8, 4) is 0 Å². The standard InChI is InChI=1S/C10H21N2O2P/c1-8(13)11-9(7-15(4)5)10(14)6-12(2)3/h9-10,14H,4,6-7H2,1-3,5H3/p+1. The van der Waals surface area contributed by atoms with Crippen LogP contribution in [0.1, 0.15) is 6.92 Å². The van der Waals surface area contributed by atoms with E-state index in [1.54, 1.807) is 0 Å². The first-order chi connectivity index (χ1) is 6.82. The molecule has 4 nitrogen and oxygen atoms in total. The number of nitrogens with one attached hydrogen (secondary N) is 1. The van der Waals surface area contributed by atoms with Gasteiger partial charge in [-0.15, -0.1) is 0 Å². The Bertz CT molecular complexity index is 215. The lowest BCUT2D eigenvalue weighted by Gasteiger charge is -2.23. The number of carbonyl (C=O) groups is 1. The summed E-state index contributed by atoms with van der Waals surface area (Å²) in [4.78, 5) is 12.9. The van der Waals surface area contributed by atoms with E-state index in [1.807, 2.05) is 25.7 Å². The molecule has 3 atom stereocenters. The molecule has 0 saturated heterocycles. The monoisotopic (exact) mass is 233 g/mol. The molecule has 0 saturated carbocycles. The zero-order valence-corrected chi connectivity index (χ0v) is 10.9. The largest absolute Gasteiger partial charge is 0.389 e. The van der Waals surface area contributed by atoms with Crippen molar-refractivity contribution < 1.29 is 9.90 Å². The molecule has 0 aromatic carbocycles. The molecule has 15 heavy (non-hydrogen) atoms. The highest BCUT2D eigenvalue weighted by Crippen LogP contribution is 2.16. The van der Waals surface area contributed by atoms with Gasteiger partial charge < -0.3 is 15.3 Å². The first kappa shape index (κ1) is 14.6. The minimum Gasteiger partial charge on any atom is -0.389 e. The Kier molecular flexibility index (Phi) is 6.73. The van der Waals surface area contributed by atoms with Crippen LogP contribution in [0.2, 0.25) is 0 Å². The maximum absolute atomic E-state index is 11.0. The van der Waals surface area contributed by atoms with E-state index in [0.29, 0.717) is 6.54 Å². The third-order valence-electron chi connectivity index (χ3n) is 1.91. The lowest BCUT2D eigenvalue weighted by molar-refractivity contribution is -0.120. The molecule has 3 unspecified atom stereocenters. The van der Waals surface area contributed by atoms with Crippen LogP contribution in [0.3, 0.4) is 0 Å². The van der Waals surface area contributed by atoms with Gasteiger partial charge in [0.05, 0.1) is 32.7 Å². The van der Waals surface area contributed by atoms with Crippen molar-refractivity contribution in [1.82, 2.24) is 10.2 Å². The molecule has 1 amide bonds. The van der Waals surface area contributed by atoms with Crippen LogP contribution in [0, 0.1) is 0 Å². The summed E-state index contributed by atoms with van der Waals surface area (Å²) in [7, 11) is 3.42. The van der Waals surface area contributed by atoms with Gasteiger partial charge in [-0.2, -0.15) is 0 Å². The fraction of sp³-hybridized carbons (Fsp3) is 0.800. The Labute approximate surface area is 93.0 Å². The average Bonchev–Trinajstić information content (AvgIpc) is 1.99. The Morgan fingerprint density at radius 2 is 2.13 bits per heavy atom. The van der Waals surface area contributed by atoms with Crippen LogP contribution in [0.4, 0.5) is 0 Å². The summed E-state index contributed by atoms with van der Waals surface area (Å²) >= 11 is 0. The van der Waals surface area contributed by atoms with Crippen molar-refractivity contribution in [2.24, 2.45) is 0 Å². The predicted octanol–water partition coefficient (Wildman–Crippen LogP) is -0.0427. The first-order valence-electron chi connectivity index (χ1n) is 4.94. The molecule has 0 aromatic heterocycles. The van der Waals surface area contributed by atoms with Gasteiger partial charge in [0.15, 0.2) is 0 Å². The van der Waals surface area contributed by atoms with Gasteiger partial charge in [0, 0.05) is 13.5 Å². The SMILES string of the molecule is C=[P+](C)CC(NC(C)=O)C(O)CN(C)C. The molecule has 88 valence electrons. The molecule has 2 N–H and O–H groups in total. The summed E-state index contributed by atoms with van der Waals surface area (Å²) in [5.41, 5.74) is 0. The predicted molar refractivity (Wildman–Crippen MR) is 67.0 cm³/mol. The maximum Gasteiger partial charge on any atom is 0.217 e. The summed E-state index contributed by atoms with van der Waals surface area (Å²) in [6.07, 6.45) is 4.16. The van der Waals surface area contributed by atoms with E-state index in [1.165, 1.54) is 6.92 Å². The van der Waals surface area contributed by atoms with E-state index in [9.17, 15) is 9.90 Å².